The molecule has 3 heterocycles. The highest BCUT2D eigenvalue weighted by molar-refractivity contribution is 7.90. The molecule has 0 aromatic rings. The average molecular weight is 440 g/mol. The second-order valence-corrected chi connectivity index (χ2v) is 9.95. The summed E-state index contributed by atoms with van der Waals surface area (Å²) in [6.07, 6.45) is -0.633. The van der Waals surface area contributed by atoms with Gasteiger partial charge in [-0.3, -0.25) is 19.0 Å². The minimum atomic E-state index is -4.94. The SMILES string of the molecule is CC(=O)N1CC[C@H](S(=O)(=O)N(C=O)[C@H]2CC[C@@H]3CN2C(=O)N3OS(=O)(=O)O)C1. The van der Waals surface area contributed by atoms with Crippen LogP contribution in [0.25, 0.3) is 0 Å². The summed E-state index contributed by atoms with van der Waals surface area (Å²) in [5.74, 6) is -0.274. The lowest BCUT2D eigenvalue weighted by atomic mass is 10.1. The Hall–Kier alpha value is -1.97. The highest BCUT2D eigenvalue weighted by atomic mass is 32.3. The maximum absolute atomic E-state index is 13.0. The molecule has 3 fully saturated rings. The van der Waals surface area contributed by atoms with Crippen LogP contribution in [-0.2, 0) is 34.3 Å². The van der Waals surface area contributed by atoms with Gasteiger partial charge in [0.25, 0.3) is 0 Å². The van der Waals surface area contributed by atoms with E-state index in [0.717, 1.165) is 4.90 Å². The van der Waals surface area contributed by atoms with Crippen molar-refractivity contribution in [3.63, 3.8) is 0 Å². The van der Waals surface area contributed by atoms with Gasteiger partial charge in [-0.2, -0.15) is 13.5 Å². The predicted octanol–water partition coefficient (Wildman–Crippen LogP) is -1.64. The molecule has 0 radical (unpaired) electrons. The monoisotopic (exact) mass is 440 g/mol. The molecule has 0 saturated carbocycles. The Morgan fingerprint density at radius 2 is 1.89 bits per heavy atom. The molecule has 4 amide bonds. The molecule has 13 nitrogen and oxygen atoms in total. The Kier molecular flexibility index (Phi) is 5.28. The van der Waals surface area contributed by atoms with Crippen LogP contribution >= 0.6 is 0 Å². The summed E-state index contributed by atoms with van der Waals surface area (Å²) in [5.41, 5.74) is 0. The third-order valence-corrected chi connectivity index (χ3v) is 7.66. The molecule has 28 heavy (non-hydrogen) atoms. The third kappa shape index (κ3) is 3.66. The predicted molar refractivity (Wildman–Crippen MR) is 90.9 cm³/mol. The van der Waals surface area contributed by atoms with E-state index in [-0.39, 0.29) is 51.2 Å². The average Bonchev–Trinajstić information content (AvgIpc) is 3.17. The number of hydrogen-bond acceptors (Lipinski definition) is 8. The van der Waals surface area contributed by atoms with E-state index in [0.29, 0.717) is 9.37 Å². The second-order valence-electron chi connectivity index (χ2n) is 6.83. The van der Waals surface area contributed by atoms with E-state index < -0.39 is 43.9 Å². The number of piperidine rings is 1. The molecule has 3 saturated heterocycles. The molecule has 158 valence electrons. The topological polar surface area (TPSA) is 162 Å². The van der Waals surface area contributed by atoms with E-state index in [1.165, 1.54) is 11.8 Å². The van der Waals surface area contributed by atoms with Crippen LogP contribution in [0.3, 0.4) is 0 Å². The summed E-state index contributed by atoms with van der Waals surface area (Å²) in [6.45, 7) is 1.45. The molecular formula is C13H20N4O9S2. The highest BCUT2D eigenvalue weighted by Crippen LogP contribution is 2.34. The third-order valence-electron chi connectivity index (χ3n) is 5.17. The summed E-state index contributed by atoms with van der Waals surface area (Å²) in [6, 6.07) is -1.68. The van der Waals surface area contributed by atoms with Gasteiger partial charge in [-0.1, -0.05) is 0 Å². The van der Waals surface area contributed by atoms with E-state index in [1.807, 2.05) is 0 Å². The van der Waals surface area contributed by atoms with E-state index >= 15 is 0 Å². The number of rotatable bonds is 6. The van der Waals surface area contributed by atoms with Crippen molar-refractivity contribution in [3.05, 3.63) is 0 Å². The largest absolute Gasteiger partial charge is 0.418 e. The molecule has 0 aromatic heterocycles. The number of hydrogen-bond donors (Lipinski definition) is 1. The normalized spacial score (nSPS) is 28.0. The fourth-order valence-electron chi connectivity index (χ4n) is 3.81. The summed E-state index contributed by atoms with van der Waals surface area (Å²) in [7, 11) is -9.11. The number of urea groups is 1. The van der Waals surface area contributed by atoms with Crippen LogP contribution in [0, 0.1) is 0 Å². The fourth-order valence-corrected chi connectivity index (χ4v) is 5.99. The Balaban J connectivity index is 1.81. The van der Waals surface area contributed by atoms with Crippen LogP contribution < -0.4 is 0 Å². The Bertz CT molecular complexity index is 890. The van der Waals surface area contributed by atoms with Gasteiger partial charge in [0.2, 0.25) is 22.3 Å². The lowest BCUT2D eigenvalue weighted by Crippen LogP contribution is -2.55. The molecular weight excluding hydrogens is 420 g/mol. The number of amides is 4. The molecule has 15 heteroatoms. The lowest BCUT2D eigenvalue weighted by molar-refractivity contribution is -0.127. The molecule has 3 atom stereocenters. The van der Waals surface area contributed by atoms with Crippen molar-refractivity contribution in [1.29, 1.82) is 0 Å². The lowest BCUT2D eigenvalue weighted by Gasteiger charge is -2.37. The van der Waals surface area contributed by atoms with Crippen molar-refractivity contribution in [2.24, 2.45) is 0 Å². The summed E-state index contributed by atoms with van der Waals surface area (Å²) >= 11 is 0. The van der Waals surface area contributed by atoms with Crippen LogP contribution in [0.4, 0.5) is 4.79 Å². The van der Waals surface area contributed by atoms with Crippen molar-refractivity contribution in [3.8, 4) is 0 Å². The van der Waals surface area contributed by atoms with Gasteiger partial charge in [0.1, 0.15) is 6.17 Å². The van der Waals surface area contributed by atoms with Gasteiger partial charge in [0.05, 0.1) is 11.3 Å². The van der Waals surface area contributed by atoms with E-state index in [9.17, 15) is 31.2 Å². The Labute approximate surface area is 161 Å². The number of nitrogens with zero attached hydrogens (tertiary/aromatic N) is 4. The van der Waals surface area contributed by atoms with Gasteiger partial charge in [-0.05, 0) is 19.3 Å². The number of sulfonamides is 1. The molecule has 0 aliphatic carbocycles. The van der Waals surface area contributed by atoms with Crippen LogP contribution in [0.2, 0.25) is 0 Å². The molecule has 3 rings (SSSR count). The van der Waals surface area contributed by atoms with Crippen LogP contribution in [0.15, 0.2) is 0 Å². The molecule has 0 unspecified atom stereocenters. The number of likely N-dealkylation sites (tertiary alicyclic amines) is 1. The summed E-state index contributed by atoms with van der Waals surface area (Å²) in [4.78, 5) is 38.0. The molecule has 3 aliphatic rings. The van der Waals surface area contributed by atoms with Crippen LogP contribution in [0.5, 0.6) is 0 Å². The van der Waals surface area contributed by atoms with E-state index in [4.69, 9.17) is 4.55 Å². The Morgan fingerprint density at radius 3 is 2.43 bits per heavy atom. The number of fused-ring (bicyclic) bond motifs is 2. The first-order valence-corrected chi connectivity index (χ1v) is 11.3. The van der Waals surface area contributed by atoms with Crippen molar-refractivity contribution in [1.82, 2.24) is 19.2 Å². The van der Waals surface area contributed by atoms with Crippen molar-refractivity contribution < 1.29 is 40.1 Å². The van der Waals surface area contributed by atoms with Crippen molar-refractivity contribution >= 4 is 38.8 Å². The van der Waals surface area contributed by atoms with Crippen LogP contribution in [0.1, 0.15) is 26.2 Å². The second kappa shape index (κ2) is 7.13. The van der Waals surface area contributed by atoms with E-state index in [2.05, 4.69) is 4.28 Å². The molecule has 0 spiro atoms. The Morgan fingerprint density at radius 1 is 1.21 bits per heavy atom. The first-order chi connectivity index (χ1) is 13.0. The summed E-state index contributed by atoms with van der Waals surface area (Å²) in [5, 5.41) is -0.514. The zero-order valence-corrected chi connectivity index (χ0v) is 16.5. The fraction of sp³-hybridized carbons (Fsp3) is 0.769. The first-order valence-electron chi connectivity index (χ1n) is 8.45. The number of carbonyl (C=O) groups is 3. The van der Waals surface area contributed by atoms with Crippen LogP contribution in [-0.4, -0.2) is 96.0 Å². The molecule has 2 bridgehead atoms. The maximum Gasteiger partial charge on any atom is 0.418 e. The highest BCUT2D eigenvalue weighted by Gasteiger charge is 2.52. The van der Waals surface area contributed by atoms with Crippen molar-refractivity contribution in [2.75, 3.05) is 19.6 Å². The number of hydroxylamine groups is 2. The quantitative estimate of drug-likeness (QED) is 0.377. The van der Waals surface area contributed by atoms with Gasteiger partial charge in [0, 0.05) is 26.6 Å². The smallest absolute Gasteiger partial charge is 0.342 e. The van der Waals surface area contributed by atoms with Gasteiger partial charge in [0.15, 0.2) is 0 Å². The minimum absolute atomic E-state index is 0.0523. The van der Waals surface area contributed by atoms with Gasteiger partial charge in [-0.25, -0.2) is 17.5 Å². The molecule has 1 N–H and O–H groups in total. The standard InChI is InChI=1S/C13H20N4O9S2/c1-9(19)14-5-4-11(7-14)27(21,22)16(8-18)12-3-2-10-6-15(12)13(20)17(10)26-28(23,24)25/h8,10-12H,2-7H2,1H3,(H,23,24,25)/t10-,11+,12+/m1/s1. The number of carbonyl (C=O) groups excluding carboxylic acids is 3. The van der Waals surface area contributed by atoms with Crippen molar-refractivity contribution in [2.45, 2.75) is 43.6 Å². The minimum Gasteiger partial charge on any atom is -0.342 e. The van der Waals surface area contributed by atoms with Gasteiger partial charge in [-0.15, -0.1) is 4.28 Å². The van der Waals surface area contributed by atoms with E-state index in [1.54, 1.807) is 0 Å². The van der Waals surface area contributed by atoms with Gasteiger partial charge < -0.3 is 4.90 Å². The first kappa shape index (κ1) is 20.8. The zero-order valence-electron chi connectivity index (χ0n) is 14.9. The van der Waals surface area contributed by atoms with Gasteiger partial charge >= 0.3 is 16.4 Å². The molecule has 3 aliphatic heterocycles. The molecule has 0 aromatic carbocycles. The zero-order chi connectivity index (χ0) is 20.9. The maximum atomic E-state index is 13.0. The summed E-state index contributed by atoms with van der Waals surface area (Å²) < 4.78 is 61.5.